The van der Waals surface area contributed by atoms with Crippen LogP contribution in [0.4, 0.5) is 0 Å². The number of aryl methyl sites for hydroxylation is 1. The van der Waals surface area contributed by atoms with Crippen molar-refractivity contribution in [2.45, 2.75) is 52.0 Å². The van der Waals surface area contributed by atoms with Gasteiger partial charge in [-0.1, -0.05) is 0 Å². The molecule has 1 unspecified atom stereocenters. The van der Waals surface area contributed by atoms with Crippen LogP contribution in [0.25, 0.3) is 0 Å². The number of phenols is 1. The first-order valence-corrected chi connectivity index (χ1v) is 5.96. The van der Waals surface area contributed by atoms with E-state index < -0.39 is 0 Å². The fourth-order valence-corrected chi connectivity index (χ4v) is 2.89. The molecule has 1 fully saturated rings. The van der Waals surface area contributed by atoms with E-state index in [1.54, 1.807) is 0 Å². The number of phenolic OH excluding ortho intramolecular Hbond substituents is 1. The molecule has 0 aromatic heterocycles. The van der Waals surface area contributed by atoms with E-state index in [2.05, 4.69) is 20.8 Å². The zero-order chi connectivity index (χ0) is 12.1. The molecule has 0 bridgehead atoms. The fourth-order valence-electron chi connectivity index (χ4n) is 2.89. The predicted molar refractivity (Wildman–Crippen MR) is 66.9 cm³/mol. The van der Waals surface area contributed by atoms with E-state index in [0.717, 1.165) is 5.56 Å². The molecule has 2 nitrogen and oxygen atoms in total. The molecule has 1 aromatic rings. The number of hydrogen-bond acceptors (Lipinski definition) is 2. The van der Waals surface area contributed by atoms with Crippen LogP contribution in [-0.4, -0.2) is 11.1 Å². The molecule has 0 radical (unpaired) electrons. The van der Waals surface area contributed by atoms with Crippen molar-refractivity contribution in [3.63, 3.8) is 0 Å². The molecule has 1 atom stereocenters. The van der Waals surface area contributed by atoms with Gasteiger partial charge in [-0.25, -0.2) is 0 Å². The maximum Gasteiger partial charge on any atom is 0.119 e. The van der Waals surface area contributed by atoms with Gasteiger partial charge >= 0.3 is 0 Å². The van der Waals surface area contributed by atoms with Crippen LogP contribution in [0.15, 0.2) is 6.07 Å². The van der Waals surface area contributed by atoms with E-state index in [1.807, 2.05) is 13.0 Å². The lowest BCUT2D eigenvalue weighted by Crippen LogP contribution is -2.33. The van der Waals surface area contributed by atoms with E-state index >= 15 is 0 Å². The van der Waals surface area contributed by atoms with Crippen molar-refractivity contribution in [1.82, 2.24) is 0 Å². The number of rotatable bonds is 2. The van der Waals surface area contributed by atoms with Gasteiger partial charge in [0.1, 0.15) is 5.75 Å². The lowest BCUT2D eigenvalue weighted by Gasteiger charge is -2.26. The van der Waals surface area contributed by atoms with Gasteiger partial charge in [-0.15, -0.1) is 0 Å². The maximum atomic E-state index is 9.80. The van der Waals surface area contributed by atoms with Gasteiger partial charge in [-0.2, -0.15) is 0 Å². The normalized spacial score (nSPS) is 19.6. The first-order chi connectivity index (χ1) is 7.40. The summed E-state index contributed by atoms with van der Waals surface area (Å²) in [6, 6.07) is 2.06. The van der Waals surface area contributed by atoms with Crippen molar-refractivity contribution in [2.24, 2.45) is 5.73 Å². The number of benzene rings is 1. The molecule has 1 aromatic carbocycles. The van der Waals surface area contributed by atoms with Crippen LogP contribution >= 0.6 is 0 Å². The van der Waals surface area contributed by atoms with Gasteiger partial charge < -0.3 is 10.8 Å². The first-order valence-electron chi connectivity index (χ1n) is 5.96. The van der Waals surface area contributed by atoms with Gasteiger partial charge in [0.05, 0.1) is 0 Å². The van der Waals surface area contributed by atoms with E-state index in [-0.39, 0.29) is 11.5 Å². The SMILES string of the molecule is Cc1cc(O)c(C)c(C)c1C1(C(C)N)CC1. The average Bonchev–Trinajstić information content (AvgIpc) is 2.96. The van der Waals surface area contributed by atoms with Gasteiger partial charge in [-0.3, -0.25) is 0 Å². The highest BCUT2D eigenvalue weighted by Crippen LogP contribution is 2.53. The molecule has 2 heteroatoms. The summed E-state index contributed by atoms with van der Waals surface area (Å²) in [5.74, 6) is 0.402. The number of nitrogens with two attached hydrogens (primary N) is 1. The topological polar surface area (TPSA) is 46.2 Å². The van der Waals surface area contributed by atoms with Crippen LogP contribution in [0, 0.1) is 20.8 Å². The van der Waals surface area contributed by atoms with E-state index in [0.29, 0.717) is 5.75 Å². The summed E-state index contributed by atoms with van der Waals surface area (Å²) in [7, 11) is 0. The summed E-state index contributed by atoms with van der Waals surface area (Å²) in [5.41, 5.74) is 11.1. The summed E-state index contributed by atoms with van der Waals surface area (Å²) in [6.45, 7) is 8.24. The van der Waals surface area contributed by atoms with Crippen molar-refractivity contribution in [2.75, 3.05) is 0 Å². The Morgan fingerprint density at radius 3 is 2.25 bits per heavy atom. The second-order valence-corrected chi connectivity index (χ2v) is 5.28. The van der Waals surface area contributed by atoms with E-state index in [9.17, 15) is 5.11 Å². The molecule has 0 saturated heterocycles. The van der Waals surface area contributed by atoms with Crippen molar-refractivity contribution >= 4 is 0 Å². The average molecular weight is 219 g/mol. The zero-order valence-corrected chi connectivity index (χ0v) is 10.6. The third-order valence-electron chi connectivity index (χ3n) is 4.23. The zero-order valence-electron chi connectivity index (χ0n) is 10.6. The van der Waals surface area contributed by atoms with E-state index in [4.69, 9.17) is 5.73 Å². The third-order valence-corrected chi connectivity index (χ3v) is 4.23. The highest BCUT2D eigenvalue weighted by molar-refractivity contribution is 5.53. The highest BCUT2D eigenvalue weighted by atomic mass is 16.3. The molecule has 88 valence electrons. The Kier molecular flexibility index (Phi) is 2.50. The lowest BCUT2D eigenvalue weighted by molar-refractivity contribution is 0.467. The molecule has 0 spiro atoms. The number of hydrogen-bond donors (Lipinski definition) is 2. The molecule has 0 amide bonds. The van der Waals surface area contributed by atoms with Crippen LogP contribution in [0.1, 0.15) is 42.0 Å². The molecule has 0 heterocycles. The van der Waals surface area contributed by atoms with Crippen LogP contribution < -0.4 is 5.73 Å². The second-order valence-electron chi connectivity index (χ2n) is 5.28. The Balaban J connectivity index is 2.62. The fraction of sp³-hybridized carbons (Fsp3) is 0.571. The van der Waals surface area contributed by atoms with Crippen molar-refractivity contribution in [3.8, 4) is 5.75 Å². The quantitative estimate of drug-likeness (QED) is 0.803. The molecule has 1 aliphatic rings. The van der Waals surface area contributed by atoms with Gasteiger partial charge in [0, 0.05) is 11.5 Å². The molecular weight excluding hydrogens is 198 g/mol. The minimum atomic E-state index is 0.173. The molecular formula is C14H21NO. The summed E-state index contributed by atoms with van der Waals surface area (Å²) in [5, 5.41) is 9.80. The molecule has 16 heavy (non-hydrogen) atoms. The number of aromatic hydroxyl groups is 1. The summed E-state index contributed by atoms with van der Waals surface area (Å²) >= 11 is 0. The molecule has 2 rings (SSSR count). The van der Waals surface area contributed by atoms with E-state index in [1.165, 1.54) is 29.5 Å². The minimum Gasteiger partial charge on any atom is -0.508 e. The summed E-state index contributed by atoms with van der Waals surface area (Å²) in [4.78, 5) is 0. The van der Waals surface area contributed by atoms with Crippen LogP contribution in [-0.2, 0) is 5.41 Å². The van der Waals surface area contributed by atoms with Gasteiger partial charge in [0.15, 0.2) is 0 Å². The van der Waals surface area contributed by atoms with Gasteiger partial charge in [-0.05, 0) is 68.9 Å². The van der Waals surface area contributed by atoms with Crippen molar-refractivity contribution in [1.29, 1.82) is 0 Å². The third kappa shape index (κ3) is 1.44. The Bertz CT molecular complexity index is 431. The monoisotopic (exact) mass is 219 g/mol. The highest BCUT2D eigenvalue weighted by Gasteiger charge is 2.49. The Morgan fingerprint density at radius 2 is 1.81 bits per heavy atom. The van der Waals surface area contributed by atoms with Crippen LogP contribution in [0.3, 0.4) is 0 Å². The molecule has 1 saturated carbocycles. The van der Waals surface area contributed by atoms with Gasteiger partial charge in [0.25, 0.3) is 0 Å². The Hall–Kier alpha value is -1.02. The Morgan fingerprint density at radius 1 is 1.25 bits per heavy atom. The van der Waals surface area contributed by atoms with Crippen molar-refractivity contribution in [3.05, 3.63) is 28.3 Å². The predicted octanol–water partition coefficient (Wildman–Crippen LogP) is 2.70. The van der Waals surface area contributed by atoms with Crippen molar-refractivity contribution < 1.29 is 5.11 Å². The second kappa shape index (κ2) is 3.49. The summed E-state index contributed by atoms with van der Waals surface area (Å²) in [6.07, 6.45) is 2.35. The molecule has 3 N–H and O–H groups in total. The molecule has 1 aliphatic carbocycles. The largest absolute Gasteiger partial charge is 0.508 e. The van der Waals surface area contributed by atoms with Crippen LogP contribution in [0.5, 0.6) is 5.75 Å². The minimum absolute atomic E-state index is 0.173. The lowest BCUT2D eigenvalue weighted by atomic mass is 9.82. The van der Waals surface area contributed by atoms with Crippen LogP contribution in [0.2, 0.25) is 0 Å². The first kappa shape index (κ1) is 11.5. The summed E-state index contributed by atoms with van der Waals surface area (Å²) < 4.78 is 0. The Labute approximate surface area is 97.5 Å². The maximum absolute atomic E-state index is 9.80. The smallest absolute Gasteiger partial charge is 0.119 e. The molecule has 0 aliphatic heterocycles. The van der Waals surface area contributed by atoms with Gasteiger partial charge in [0.2, 0.25) is 0 Å². The standard InChI is InChI=1S/C14H21NO/c1-8-7-12(16)9(2)10(3)13(8)14(5-6-14)11(4)15/h7,11,16H,5-6,15H2,1-4H3.